The quantitative estimate of drug-likeness (QED) is 0.541. The van der Waals surface area contributed by atoms with E-state index in [1.165, 1.54) is 10.5 Å². The van der Waals surface area contributed by atoms with Crippen molar-refractivity contribution in [2.24, 2.45) is 5.92 Å². The average Bonchev–Trinajstić information content (AvgIpc) is 3.48. The normalized spacial score (nSPS) is 22.6. The number of carbonyl (C=O) groups excluding carboxylic acids is 2. The van der Waals surface area contributed by atoms with Crippen LogP contribution in [-0.4, -0.2) is 48.6 Å². The lowest BCUT2D eigenvalue weighted by Crippen LogP contribution is -2.41. The summed E-state index contributed by atoms with van der Waals surface area (Å²) in [4.78, 5) is 30.3. The fraction of sp³-hybridized carbons (Fsp3) is 0.286. The standard InChI is InChI=1S/C28H28N2O4/c1-33-23-14-12-21(13-15-23)24-17-29(16-20-8-4-2-5-9-20)18-25(24)27(31)30-26(19-34-28(30)32)22-10-6-3-7-11-22/h2-15,24-26H,16-19H2,1H3/t24-,25+,26?/m0/s1. The minimum atomic E-state index is -0.561. The van der Waals surface area contributed by atoms with Crippen LogP contribution in [0.5, 0.6) is 5.75 Å². The number of benzene rings is 3. The van der Waals surface area contributed by atoms with Crippen molar-refractivity contribution in [1.29, 1.82) is 0 Å². The smallest absolute Gasteiger partial charge is 0.417 e. The molecule has 6 nitrogen and oxygen atoms in total. The molecule has 2 amide bonds. The molecule has 3 aromatic rings. The third kappa shape index (κ3) is 4.41. The first-order valence-corrected chi connectivity index (χ1v) is 11.6. The van der Waals surface area contributed by atoms with Gasteiger partial charge in [-0.15, -0.1) is 0 Å². The van der Waals surface area contributed by atoms with Crippen molar-refractivity contribution in [2.75, 3.05) is 26.8 Å². The van der Waals surface area contributed by atoms with Gasteiger partial charge in [-0.3, -0.25) is 9.69 Å². The molecule has 174 valence electrons. The molecule has 0 bridgehead atoms. The van der Waals surface area contributed by atoms with E-state index in [9.17, 15) is 9.59 Å². The number of hydrogen-bond acceptors (Lipinski definition) is 5. The molecule has 0 spiro atoms. The molecule has 1 unspecified atom stereocenters. The minimum absolute atomic E-state index is 0.0352. The zero-order valence-electron chi connectivity index (χ0n) is 19.2. The number of hydrogen-bond donors (Lipinski definition) is 0. The van der Waals surface area contributed by atoms with Crippen LogP contribution in [0, 0.1) is 5.92 Å². The summed E-state index contributed by atoms with van der Waals surface area (Å²) in [6.45, 7) is 2.25. The van der Waals surface area contributed by atoms with Crippen molar-refractivity contribution >= 4 is 12.0 Å². The summed E-state index contributed by atoms with van der Waals surface area (Å²) in [5.41, 5.74) is 3.17. The lowest BCUT2D eigenvalue weighted by atomic mass is 9.87. The van der Waals surface area contributed by atoms with Gasteiger partial charge in [-0.25, -0.2) is 9.69 Å². The molecule has 2 fully saturated rings. The van der Waals surface area contributed by atoms with E-state index in [-0.39, 0.29) is 24.3 Å². The predicted octanol–water partition coefficient (Wildman–Crippen LogP) is 4.63. The third-order valence-electron chi connectivity index (χ3n) is 6.80. The summed E-state index contributed by atoms with van der Waals surface area (Å²) < 4.78 is 10.7. The van der Waals surface area contributed by atoms with Crippen LogP contribution in [0.2, 0.25) is 0 Å². The molecule has 2 saturated heterocycles. The van der Waals surface area contributed by atoms with E-state index >= 15 is 0 Å². The lowest BCUT2D eigenvalue weighted by Gasteiger charge is -2.26. The zero-order chi connectivity index (χ0) is 23.5. The van der Waals surface area contributed by atoms with Gasteiger partial charge in [-0.2, -0.15) is 0 Å². The SMILES string of the molecule is COc1ccc([C@@H]2CN(Cc3ccccc3)C[C@H]2C(=O)N2C(=O)OCC2c2ccccc2)cc1. The number of cyclic esters (lactones) is 1. The molecule has 0 radical (unpaired) electrons. The summed E-state index contributed by atoms with van der Waals surface area (Å²) in [6, 6.07) is 27.4. The topological polar surface area (TPSA) is 59.1 Å². The van der Waals surface area contributed by atoms with Gasteiger partial charge in [0.05, 0.1) is 13.0 Å². The van der Waals surface area contributed by atoms with Gasteiger partial charge in [0.1, 0.15) is 18.4 Å². The summed E-state index contributed by atoms with van der Waals surface area (Å²) in [7, 11) is 1.64. The minimum Gasteiger partial charge on any atom is -0.497 e. The highest BCUT2D eigenvalue weighted by Gasteiger charge is 2.47. The van der Waals surface area contributed by atoms with Crippen LogP contribution in [0.25, 0.3) is 0 Å². The maximum absolute atomic E-state index is 13.9. The van der Waals surface area contributed by atoms with E-state index in [0.717, 1.165) is 30.0 Å². The Kier molecular flexibility index (Phi) is 6.32. The Morgan fingerprint density at radius 1 is 0.912 bits per heavy atom. The number of ether oxygens (including phenoxy) is 2. The van der Waals surface area contributed by atoms with Gasteiger partial charge in [0.25, 0.3) is 0 Å². The molecular weight excluding hydrogens is 428 g/mol. The first-order valence-electron chi connectivity index (χ1n) is 11.6. The summed E-state index contributed by atoms with van der Waals surface area (Å²) >= 11 is 0. The molecule has 3 atom stereocenters. The van der Waals surface area contributed by atoms with Crippen molar-refractivity contribution in [2.45, 2.75) is 18.5 Å². The van der Waals surface area contributed by atoms with E-state index in [1.807, 2.05) is 72.8 Å². The second-order valence-corrected chi connectivity index (χ2v) is 8.88. The Bertz CT molecular complexity index is 1130. The van der Waals surface area contributed by atoms with Gasteiger partial charge in [-0.1, -0.05) is 72.8 Å². The Balaban J connectivity index is 1.44. The fourth-order valence-electron chi connectivity index (χ4n) is 5.06. The monoisotopic (exact) mass is 456 g/mol. The maximum Gasteiger partial charge on any atom is 0.417 e. The number of methoxy groups -OCH3 is 1. The van der Waals surface area contributed by atoms with Crippen LogP contribution >= 0.6 is 0 Å². The second-order valence-electron chi connectivity index (χ2n) is 8.88. The van der Waals surface area contributed by atoms with E-state index in [1.54, 1.807) is 7.11 Å². The molecule has 2 aliphatic rings. The van der Waals surface area contributed by atoms with Crippen LogP contribution in [0.3, 0.4) is 0 Å². The fourth-order valence-corrected chi connectivity index (χ4v) is 5.06. The van der Waals surface area contributed by atoms with Crippen molar-refractivity contribution < 1.29 is 19.1 Å². The van der Waals surface area contributed by atoms with E-state index < -0.39 is 12.1 Å². The van der Waals surface area contributed by atoms with Gasteiger partial charge in [0.2, 0.25) is 5.91 Å². The maximum atomic E-state index is 13.9. The van der Waals surface area contributed by atoms with Crippen molar-refractivity contribution in [3.05, 3.63) is 102 Å². The molecule has 5 rings (SSSR count). The predicted molar refractivity (Wildman–Crippen MR) is 128 cm³/mol. The molecule has 6 heteroatoms. The van der Waals surface area contributed by atoms with Crippen LogP contribution < -0.4 is 4.74 Å². The van der Waals surface area contributed by atoms with Crippen LogP contribution in [0.15, 0.2) is 84.9 Å². The molecule has 0 aliphatic carbocycles. The van der Waals surface area contributed by atoms with Crippen LogP contribution in [-0.2, 0) is 16.1 Å². The Morgan fingerprint density at radius 3 is 2.26 bits per heavy atom. The van der Waals surface area contributed by atoms with Gasteiger partial charge < -0.3 is 9.47 Å². The lowest BCUT2D eigenvalue weighted by molar-refractivity contribution is -0.133. The largest absolute Gasteiger partial charge is 0.497 e. The van der Waals surface area contributed by atoms with Gasteiger partial charge >= 0.3 is 6.09 Å². The summed E-state index contributed by atoms with van der Waals surface area (Å²) in [6.07, 6.45) is -0.561. The Hall–Kier alpha value is -3.64. The van der Waals surface area contributed by atoms with E-state index in [2.05, 4.69) is 17.0 Å². The highest BCUT2D eigenvalue weighted by molar-refractivity contribution is 5.95. The highest BCUT2D eigenvalue weighted by Crippen LogP contribution is 2.38. The Labute approximate surface area is 199 Å². The highest BCUT2D eigenvalue weighted by atomic mass is 16.6. The first-order chi connectivity index (χ1) is 16.6. The number of nitrogens with zero attached hydrogens (tertiary/aromatic N) is 2. The van der Waals surface area contributed by atoms with Crippen molar-refractivity contribution in [3.63, 3.8) is 0 Å². The van der Waals surface area contributed by atoms with Crippen molar-refractivity contribution in [3.8, 4) is 5.75 Å². The van der Waals surface area contributed by atoms with Gasteiger partial charge in [0, 0.05) is 25.6 Å². The molecule has 0 saturated carbocycles. The third-order valence-corrected chi connectivity index (χ3v) is 6.80. The molecule has 34 heavy (non-hydrogen) atoms. The van der Waals surface area contributed by atoms with Gasteiger partial charge in [-0.05, 0) is 28.8 Å². The molecular formula is C28H28N2O4. The van der Waals surface area contributed by atoms with Crippen LogP contribution in [0.1, 0.15) is 28.7 Å². The number of carbonyl (C=O) groups is 2. The number of likely N-dealkylation sites (tertiary alicyclic amines) is 1. The first kappa shape index (κ1) is 22.2. The summed E-state index contributed by atoms with van der Waals surface area (Å²) in [5, 5.41) is 0. The van der Waals surface area contributed by atoms with Gasteiger partial charge in [0.15, 0.2) is 0 Å². The molecule has 3 aromatic carbocycles. The van der Waals surface area contributed by atoms with Crippen molar-refractivity contribution in [1.82, 2.24) is 9.80 Å². The zero-order valence-corrected chi connectivity index (χ0v) is 19.2. The number of rotatable bonds is 6. The van der Waals surface area contributed by atoms with E-state index in [0.29, 0.717) is 6.54 Å². The molecule has 0 aromatic heterocycles. The molecule has 0 N–H and O–H groups in total. The average molecular weight is 457 g/mol. The second kappa shape index (κ2) is 9.69. The van der Waals surface area contributed by atoms with E-state index in [4.69, 9.17) is 9.47 Å². The molecule has 2 heterocycles. The molecule has 2 aliphatic heterocycles. The number of imide groups is 1. The van der Waals surface area contributed by atoms with Crippen LogP contribution in [0.4, 0.5) is 4.79 Å². The Morgan fingerprint density at radius 2 is 1.59 bits per heavy atom. The number of amides is 2. The summed E-state index contributed by atoms with van der Waals surface area (Å²) in [5.74, 6) is 0.215.